The van der Waals surface area contributed by atoms with Crippen molar-refractivity contribution < 1.29 is 23.0 Å². The number of rotatable bonds is 6. The van der Waals surface area contributed by atoms with Crippen LogP contribution in [0.1, 0.15) is 18.1 Å². The molecule has 0 spiro atoms. The average Bonchev–Trinajstić information content (AvgIpc) is 2.51. The lowest BCUT2D eigenvalue weighted by molar-refractivity contribution is -0.138. The van der Waals surface area contributed by atoms with Gasteiger partial charge in [-0.05, 0) is 18.6 Å². The molecule has 2 rings (SSSR count). The van der Waals surface area contributed by atoms with Crippen LogP contribution in [-0.2, 0) is 11.9 Å². The van der Waals surface area contributed by atoms with Crippen molar-refractivity contribution in [1.82, 2.24) is 4.98 Å². The van der Waals surface area contributed by atoms with Crippen LogP contribution in [-0.4, -0.2) is 22.8 Å². The number of pyridine rings is 1. The average molecular weight is 343 g/mol. The lowest BCUT2D eigenvalue weighted by Gasteiger charge is -2.14. The molecular weight excluding hydrogens is 327 g/mol. The molecule has 1 heterocycles. The predicted molar refractivity (Wildman–Crippen MR) is 82.4 cm³/mol. The molecule has 0 aliphatic rings. The number of halogens is 3. The van der Waals surface area contributed by atoms with Gasteiger partial charge in [0.2, 0.25) is 5.88 Å². The van der Waals surface area contributed by atoms with Crippen molar-refractivity contribution in [3.05, 3.63) is 53.7 Å². The number of alkyl halides is 3. The maximum Gasteiger partial charge on any atom is 0.417 e. The normalized spacial score (nSPS) is 12.9. The van der Waals surface area contributed by atoms with Crippen LogP contribution in [0.3, 0.4) is 0 Å². The topological polar surface area (TPSA) is 42.4 Å². The van der Waals surface area contributed by atoms with E-state index >= 15 is 0 Å². The number of benzene rings is 1. The molecule has 23 heavy (non-hydrogen) atoms. The van der Waals surface area contributed by atoms with E-state index in [0.29, 0.717) is 10.6 Å². The molecule has 0 radical (unpaired) electrons. The maximum atomic E-state index is 12.8. The van der Waals surface area contributed by atoms with Crippen LogP contribution in [0.5, 0.6) is 5.88 Å². The summed E-state index contributed by atoms with van der Waals surface area (Å²) in [5, 5.41) is 9.26. The van der Waals surface area contributed by atoms with Crippen LogP contribution in [0.4, 0.5) is 13.2 Å². The lowest BCUT2D eigenvalue weighted by Crippen LogP contribution is -2.14. The second-order valence-corrected chi connectivity index (χ2v) is 5.98. The number of aliphatic hydroxyl groups is 1. The van der Waals surface area contributed by atoms with E-state index in [4.69, 9.17) is 4.74 Å². The number of thioether (sulfide) groups is 1. The summed E-state index contributed by atoms with van der Waals surface area (Å²) >= 11 is 1.21. The highest BCUT2D eigenvalue weighted by Crippen LogP contribution is 2.36. The highest BCUT2D eigenvalue weighted by molar-refractivity contribution is 7.98. The first-order valence-electron chi connectivity index (χ1n) is 6.91. The standard InChI is InChI=1S/C16H16F3NO2S/c1-11(21)9-22-15-14(7-13(8-20-15)16(17,18)19)23-10-12-5-3-2-4-6-12/h2-8,11,21H,9-10H2,1H3/t11-/m1/s1. The SMILES string of the molecule is C[C@@H](O)COc1ncc(C(F)(F)F)cc1SCc1ccccc1. The lowest BCUT2D eigenvalue weighted by atomic mass is 10.2. The van der Waals surface area contributed by atoms with E-state index in [9.17, 15) is 18.3 Å². The van der Waals surface area contributed by atoms with Gasteiger partial charge in [-0.2, -0.15) is 13.2 Å². The molecule has 1 N–H and O–H groups in total. The van der Waals surface area contributed by atoms with E-state index in [0.717, 1.165) is 17.8 Å². The minimum Gasteiger partial charge on any atom is -0.474 e. The number of aliphatic hydroxyl groups excluding tert-OH is 1. The highest BCUT2D eigenvalue weighted by atomic mass is 32.2. The Bertz CT molecular complexity index is 633. The van der Waals surface area contributed by atoms with Crippen LogP contribution >= 0.6 is 11.8 Å². The summed E-state index contributed by atoms with van der Waals surface area (Å²) < 4.78 is 43.8. The summed E-state index contributed by atoms with van der Waals surface area (Å²) in [5.74, 6) is 0.592. The van der Waals surface area contributed by atoms with Crippen molar-refractivity contribution in [2.75, 3.05) is 6.61 Å². The molecule has 124 valence electrons. The zero-order valence-electron chi connectivity index (χ0n) is 12.4. The van der Waals surface area contributed by atoms with Gasteiger partial charge in [0, 0.05) is 11.9 Å². The third-order valence-corrected chi connectivity index (χ3v) is 3.93. The molecule has 1 aromatic heterocycles. The van der Waals surface area contributed by atoms with Crippen LogP contribution in [0.25, 0.3) is 0 Å². The highest BCUT2D eigenvalue weighted by Gasteiger charge is 2.32. The van der Waals surface area contributed by atoms with Gasteiger partial charge in [-0.25, -0.2) is 4.98 Å². The van der Waals surface area contributed by atoms with E-state index in [1.165, 1.54) is 18.7 Å². The van der Waals surface area contributed by atoms with Crippen molar-refractivity contribution >= 4 is 11.8 Å². The van der Waals surface area contributed by atoms with E-state index in [2.05, 4.69) is 4.98 Å². The molecule has 0 aliphatic carbocycles. The molecule has 0 bridgehead atoms. The molecule has 2 aromatic rings. The van der Waals surface area contributed by atoms with Gasteiger partial charge >= 0.3 is 6.18 Å². The van der Waals surface area contributed by atoms with E-state index in [1.54, 1.807) is 0 Å². The summed E-state index contributed by atoms with van der Waals surface area (Å²) in [7, 11) is 0. The van der Waals surface area contributed by atoms with Gasteiger partial charge in [-0.3, -0.25) is 0 Å². The Balaban J connectivity index is 2.20. The van der Waals surface area contributed by atoms with E-state index in [-0.39, 0.29) is 12.5 Å². The molecule has 0 aliphatic heterocycles. The Morgan fingerprint density at radius 1 is 1.26 bits per heavy atom. The molecular formula is C16H16F3NO2S. The van der Waals surface area contributed by atoms with Gasteiger partial charge < -0.3 is 9.84 Å². The fraction of sp³-hybridized carbons (Fsp3) is 0.312. The van der Waals surface area contributed by atoms with Gasteiger partial charge in [-0.15, -0.1) is 11.8 Å². The van der Waals surface area contributed by atoms with Crippen molar-refractivity contribution in [1.29, 1.82) is 0 Å². The van der Waals surface area contributed by atoms with Gasteiger partial charge in [0.05, 0.1) is 16.6 Å². The summed E-state index contributed by atoms with van der Waals surface area (Å²) in [6, 6.07) is 10.4. The van der Waals surface area contributed by atoms with Gasteiger partial charge in [0.1, 0.15) is 6.61 Å². The van der Waals surface area contributed by atoms with Crippen molar-refractivity contribution in [2.24, 2.45) is 0 Å². The number of ether oxygens (including phenoxy) is 1. The fourth-order valence-corrected chi connectivity index (χ4v) is 2.69. The quantitative estimate of drug-likeness (QED) is 0.800. The van der Waals surface area contributed by atoms with Crippen LogP contribution in [0, 0.1) is 0 Å². The molecule has 1 aromatic carbocycles. The molecule has 0 amide bonds. The monoisotopic (exact) mass is 343 g/mol. The van der Waals surface area contributed by atoms with E-state index < -0.39 is 17.8 Å². The first kappa shape index (κ1) is 17.6. The third-order valence-electron chi connectivity index (χ3n) is 2.84. The van der Waals surface area contributed by atoms with Crippen LogP contribution in [0.15, 0.2) is 47.5 Å². The van der Waals surface area contributed by atoms with E-state index in [1.807, 2.05) is 30.3 Å². The Labute approximate surface area is 136 Å². The van der Waals surface area contributed by atoms with Gasteiger partial charge in [0.25, 0.3) is 0 Å². The molecule has 7 heteroatoms. The first-order valence-corrected chi connectivity index (χ1v) is 7.89. The molecule has 0 unspecified atom stereocenters. The minimum absolute atomic E-state index is 0.0305. The van der Waals surface area contributed by atoms with Crippen molar-refractivity contribution in [2.45, 2.75) is 29.9 Å². The Morgan fingerprint density at radius 2 is 1.96 bits per heavy atom. The van der Waals surface area contributed by atoms with Gasteiger partial charge in [-0.1, -0.05) is 30.3 Å². The first-order chi connectivity index (χ1) is 10.9. The van der Waals surface area contributed by atoms with Gasteiger partial charge in [0.15, 0.2) is 0 Å². The van der Waals surface area contributed by atoms with Crippen molar-refractivity contribution in [3.8, 4) is 5.88 Å². The number of hydrogen-bond acceptors (Lipinski definition) is 4. The number of nitrogens with zero attached hydrogens (tertiary/aromatic N) is 1. The second kappa shape index (κ2) is 7.70. The second-order valence-electron chi connectivity index (χ2n) is 4.96. The minimum atomic E-state index is -4.46. The molecule has 0 fully saturated rings. The molecule has 1 atom stereocenters. The van der Waals surface area contributed by atoms with Crippen LogP contribution < -0.4 is 4.74 Å². The molecule has 3 nitrogen and oxygen atoms in total. The maximum absolute atomic E-state index is 12.8. The fourth-order valence-electron chi connectivity index (χ4n) is 1.73. The zero-order valence-corrected chi connectivity index (χ0v) is 13.2. The summed E-state index contributed by atoms with van der Waals surface area (Å²) in [5.41, 5.74) is 0.161. The zero-order chi connectivity index (χ0) is 16.9. The van der Waals surface area contributed by atoms with Crippen molar-refractivity contribution in [3.63, 3.8) is 0 Å². The summed E-state index contributed by atoms with van der Waals surface area (Å²) in [6.45, 7) is 1.50. The third kappa shape index (κ3) is 5.44. The summed E-state index contributed by atoms with van der Waals surface area (Å²) in [6.07, 6.45) is -4.45. The van der Waals surface area contributed by atoms with Crippen LogP contribution in [0.2, 0.25) is 0 Å². The summed E-state index contributed by atoms with van der Waals surface area (Å²) in [4.78, 5) is 4.05. The number of aromatic nitrogens is 1. The largest absolute Gasteiger partial charge is 0.474 e. The Kier molecular flexibility index (Phi) is 5.90. The smallest absolute Gasteiger partial charge is 0.417 e. The Morgan fingerprint density at radius 3 is 2.57 bits per heavy atom. The Hall–Kier alpha value is -1.73. The molecule has 0 saturated heterocycles. The predicted octanol–water partition coefficient (Wildman–Crippen LogP) is 4.15. The molecule has 0 saturated carbocycles. The number of hydrogen-bond donors (Lipinski definition) is 1.